The minimum Gasteiger partial charge on any atom is -0.457 e. The molecule has 2 rings (SSSR count). The maximum atomic E-state index is 12.3. The highest BCUT2D eigenvalue weighted by atomic mass is 16.7. The predicted molar refractivity (Wildman–Crippen MR) is 103 cm³/mol. The third kappa shape index (κ3) is 5.46. The van der Waals surface area contributed by atoms with Crippen LogP contribution in [0.4, 0.5) is 0 Å². The Bertz CT molecular complexity index is 698. The molecule has 0 aliphatic carbocycles. The minimum atomic E-state index is -0.602. The van der Waals surface area contributed by atoms with E-state index in [1.54, 1.807) is 6.08 Å². The first-order chi connectivity index (χ1) is 13.1. The highest BCUT2D eigenvalue weighted by Crippen LogP contribution is 2.39. The van der Waals surface area contributed by atoms with Gasteiger partial charge in [-0.1, -0.05) is 30.7 Å². The lowest BCUT2D eigenvalue weighted by molar-refractivity contribution is -0.175. The van der Waals surface area contributed by atoms with Crippen molar-refractivity contribution in [3.05, 3.63) is 59.9 Å². The fourth-order valence-electron chi connectivity index (χ4n) is 3.14. The van der Waals surface area contributed by atoms with Crippen molar-refractivity contribution in [3.8, 4) is 12.3 Å². The minimum absolute atomic E-state index is 0.0512. The molecule has 0 saturated carbocycles. The standard InChI is InChI=1S/C22H26O5/c1-4-14-26-21(24)20-15-19(17-11-9-16(5-2)10-12-17)18(8-7-13-23)22(27-20)25-6-3/h2,4,9-12,15,18-19,22-23H,1,6-8,13-14H2,3H3/t18-,19+,22+/m0/s1. The maximum Gasteiger partial charge on any atom is 0.373 e. The van der Waals surface area contributed by atoms with E-state index in [1.165, 1.54) is 6.08 Å². The number of allylic oxidation sites excluding steroid dienone is 1. The number of hydrogen-bond acceptors (Lipinski definition) is 5. The van der Waals surface area contributed by atoms with Crippen molar-refractivity contribution >= 4 is 5.97 Å². The highest BCUT2D eigenvalue weighted by molar-refractivity contribution is 5.86. The van der Waals surface area contributed by atoms with E-state index >= 15 is 0 Å². The highest BCUT2D eigenvalue weighted by Gasteiger charge is 2.38. The van der Waals surface area contributed by atoms with Crippen LogP contribution in [-0.2, 0) is 19.0 Å². The third-order valence-corrected chi connectivity index (χ3v) is 4.41. The van der Waals surface area contributed by atoms with Crippen molar-refractivity contribution < 1.29 is 24.1 Å². The van der Waals surface area contributed by atoms with E-state index in [0.29, 0.717) is 19.4 Å². The molecule has 0 fully saturated rings. The van der Waals surface area contributed by atoms with Gasteiger partial charge < -0.3 is 19.3 Å². The lowest BCUT2D eigenvalue weighted by Gasteiger charge is -2.36. The van der Waals surface area contributed by atoms with Gasteiger partial charge in [-0.3, -0.25) is 0 Å². The van der Waals surface area contributed by atoms with E-state index in [-0.39, 0.29) is 30.8 Å². The van der Waals surface area contributed by atoms with Crippen LogP contribution in [0.2, 0.25) is 0 Å². The number of aliphatic hydroxyl groups is 1. The second-order valence-electron chi connectivity index (χ2n) is 6.18. The summed E-state index contributed by atoms with van der Waals surface area (Å²) in [5.41, 5.74) is 1.78. The lowest BCUT2D eigenvalue weighted by Crippen LogP contribution is -2.36. The summed E-state index contributed by atoms with van der Waals surface area (Å²) >= 11 is 0. The van der Waals surface area contributed by atoms with Gasteiger partial charge in [-0.15, -0.1) is 6.42 Å². The summed E-state index contributed by atoms with van der Waals surface area (Å²) in [7, 11) is 0. The maximum absolute atomic E-state index is 12.3. The Labute approximate surface area is 160 Å². The number of carbonyl (C=O) groups is 1. The van der Waals surface area contributed by atoms with Crippen LogP contribution in [0.25, 0.3) is 0 Å². The molecule has 1 aliphatic rings. The predicted octanol–water partition coefficient (Wildman–Crippen LogP) is 3.15. The van der Waals surface area contributed by atoms with Crippen molar-refractivity contribution in [1.82, 2.24) is 0 Å². The van der Waals surface area contributed by atoms with Crippen molar-refractivity contribution in [2.75, 3.05) is 19.8 Å². The van der Waals surface area contributed by atoms with Crippen LogP contribution in [0.3, 0.4) is 0 Å². The molecule has 5 heteroatoms. The molecule has 1 heterocycles. The quantitative estimate of drug-likeness (QED) is 0.411. The molecule has 1 aromatic carbocycles. The molecule has 0 spiro atoms. The summed E-state index contributed by atoms with van der Waals surface area (Å²) in [6.07, 6.45) is 9.41. The summed E-state index contributed by atoms with van der Waals surface area (Å²) in [6.45, 7) is 6.04. The number of hydrogen-bond donors (Lipinski definition) is 1. The topological polar surface area (TPSA) is 65.0 Å². The fraction of sp³-hybridized carbons (Fsp3) is 0.409. The van der Waals surface area contributed by atoms with E-state index in [1.807, 2.05) is 31.2 Å². The lowest BCUT2D eigenvalue weighted by atomic mass is 9.80. The van der Waals surface area contributed by atoms with Gasteiger partial charge in [-0.05, 0) is 43.5 Å². The molecular weight excluding hydrogens is 344 g/mol. The Balaban J connectivity index is 2.39. The van der Waals surface area contributed by atoms with Gasteiger partial charge in [-0.25, -0.2) is 4.79 Å². The van der Waals surface area contributed by atoms with Gasteiger partial charge >= 0.3 is 5.97 Å². The molecule has 1 aromatic rings. The zero-order valence-electron chi connectivity index (χ0n) is 15.6. The monoisotopic (exact) mass is 370 g/mol. The van der Waals surface area contributed by atoms with Crippen molar-refractivity contribution in [3.63, 3.8) is 0 Å². The van der Waals surface area contributed by atoms with E-state index < -0.39 is 12.3 Å². The Hall–Kier alpha value is -2.55. The van der Waals surface area contributed by atoms with Gasteiger partial charge in [0, 0.05) is 30.6 Å². The molecule has 144 valence electrons. The van der Waals surface area contributed by atoms with Crippen molar-refractivity contribution in [2.45, 2.75) is 32.0 Å². The fourth-order valence-corrected chi connectivity index (χ4v) is 3.14. The van der Waals surface area contributed by atoms with E-state index in [0.717, 1.165) is 11.1 Å². The largest absolute Gasteiger partial charge is 0.457 e. The Morgan fingerprint density at radius 3 is 2.74 bits per heavy atom. The zero-order chi connectivity index (χ0) is 19.6. The molecule has 0 radical (unpaired) electrons. The Kier molecular flexibility index (Phi) is 8.12. The molecule has 5 nitrogen and oxygen atoms in total. The number of carbonyl (C=O) groups excluding carboxylic acids is 1. The first kappa shape index (κ1) is 20.8. The molecule has 0 bridgehead atoms. The molecule has 1 N–H and O–H groups in total. The molecule has 0 amide bonds. The molecular formula is C22H26O5. The second-order valence-corrected chi connectivity index (χ2v) is 6.18. The first-order valence-corrected chi connectivity index (χ1v) is 9.10. The number of ether oxygens (including phenoxy) is 3. The number of benzene rings is 1. The van der Waals surface area contributed by atoms with Crippen LogP contribution in [-0.4, -0.2) is 37.2 Å². The molecule has 0 aromatic heterocycles. The van der Waals surface area contributed by atoms with Gasteiger partial charge in [-0.2, -0.15) is 0 Å². The first-order valence-electron chi connectivity index (χ1n) is 9.10. The molecule has 1 aliphatic heterocycles. The number of rotatable bonds is 9. The molecule has 0 saturated heterocycles. The summed E-state index contributed by atoms with van der Waals surface area (Å²) in [5.74, 6) is 2.00. The molecule has 3 atom stereocenters. The van der Waals surface area contributed by atoms with Gasteiger partial charge in [0.2, 0.25) is 12.0 Å². The molecule has 0 unspecified atom stereocenters. The van der Waals surface area contributed by atoms with Crippen molar-refractivity contribution in [1.29, 1.82) is 0 Å². The van der Waals surface area contributed by atoms with Gasteiger partial charge in [0.05, 0.1) is 0 Å². The third-order valence-electron chi connectivity index (χ3n) is 4.41. The molecule has 27 heavy (non-hydrogen) atoms. The summed E-state index contributed by atoms with van der Waals surface area (Å²) in [5, 5.41) is 9.27. The normalized spacial score (nSPS) is 21.5. The van der Waals surface area contributed by atoms with E-state index in [4.69, 9.17) is 20.6 Å². The van der Waals surface area contributed by atoms with Gasteiger partial charge in [0.1, 0.15) is 6.61 Å². The van der Waals surface area contributed by atoms with Crippen LogP contribution in [0.15, 0.2) is 48.8 Å². The number of aliphatic hydroxyl groups excluding tert-OH is 1. The average molecular weight is 370 g/mol. The average Bonchev–Trinajstić information content (AvgIpc) is 2.70. The smallest absolute Gasteiger partial charge is 0.373 e. The Morgan fingerprint density at radius 1 is 1.41 bits per heavy atom. The number of esters is 1. The van der Waals surface area contributed by atoms with E-state index in [9.17, 15) is 9.90 Å². The van der Waals surface area contributed by atoms with Crippen LogP contribution in [0.5, 0.6) is 0 Å². The van der Waals surface area contributed by atoms with Gasteiger partial charge in [0.15, 0.2) is 0 Å². The van der Waals surface area contributed by atoms with Gasteiger partial charge in [0.25, 0.3) is 0 Å². The number of terminal acetylenes is 1. The summed E-state index contributed by atoms with van der Waals surface area (Å²) < 4.78 is 16.7. The second kappa shape index (κ2) is 10.6. The van der Waals surface area contributed by atoms with Crippen LogP contribution < -0.4 is 0 Å². The summed E-state index contributed by atoms with van der Waals surface area (Å²) in [4.78, 5) is 12.3. The zero-order valence-corrected chi connectivity index (χ0v) is 15.6. The SMILES string of the molecule is C#Cc1ccc([C@H]2C=C(C(=O)OCC=C)O[C@@H](OCC)[C@H]2CCCO)cc1. The van der Waals surface area contributed by atoms with Crippen LogP contribution in [0.1, 0.15) is 36.8 Å². The Morgan fingerprint density at radius 2 is 2.15 bits per heavy atom. The van der Waals surface area contributed by atoms with E-state index in [2.05, 4.69) is 12.5 Å². The van der Waals surface area contributed by atoms with Crippen LogP contribution in [0, 0.1) is 18.3 Å². The van der Waals surface area contributed by atoms with Crippen molar-refractivity contribution in [2.24, 2.45) is 5.92 Å². The van der Waals surface area contributed by atoms with Crippen LogP contribution >= 0.6 is 0 Å². The summed E-state index contributed by atoms with van der Waals surface area (Å²) in [6, 6.07) is 7.63.